The van der Waals surface area contributed by atoms with Gasteiger partial charge in [-0.15, -0.1) is 0 Å². The molecule has 1 aliphatic heterocycles. The van der Waals surface area contributed by atoms with Gasteiger partial charge in [0.1, 0.15) is 29.7 Å². The Morgan fingerprint density at radius 1 is 0.889 bits per heavy atom. The molecule has 45 heavy (non-hydrogen) atoms. The van der Waals surface area contributed by atoms with Gasteiger partial charge in [0.25, 0.3) is 0 Å². The number of halogens is 1. The van der Waals surface area contributed by atoms with Gasteiger partial charge in [-0.3, -0.25) is 5.32 Å². The van der Waals surface area contributed by atoms with Gasteiger partial charge < -0.3 is 24.3 Å². The summed E-state index contributed by atoms with van der Waals surface area (Å²) < 4.78 is 36.3. The van der Waals surface area contributed by atoms with Crippen molar-refractivity contribution < 1.29 is 32.9 Å². The molecule has 1 amide bonds. The van der Waals surface area contributed by atoms with Gasteiger partial charge in [0.15, 0.2) is 0 Å². The number of hydrogen-bond donors (Lipinski definition) is 2. The molecule has 0 unspecified atom stereocenters. The highest BCUT2D eigenvalue weighted by molar-refractivity contribution is 5.92. The molecule has 0 fully saturated rings. The number of ether oxygens (including phenoxy) is 4. The van der Waals surface area contributed by atoms with Crippen molar-refractivity contribution in [1.29, 1.82) is 0 Å². The third-order valence-electron chi connectivity index (χ3n) is 7.49. The van der Waals surface area contributed by atoms with E-state index in [2.05, 4.69) is 37.5 Å². The van der Waals surface area contributed by atoms with Crippen molar-refractivity contribution in [3.05, 3.63) is 107 Å². The zero-order valence-electron chi connectivity index (χ0n) is 26.0. The number of carbonyl (C=O) groups excluding carboxylic acids is 2. The molecule has 9 heteroatoms. The van der Waals surface area contributed by atoms with Crippen molar-refractivity contribution in [2.45, 2.75) is 39.8 Å². The van der Waals surface area contributed by atoms with Crippen LogP contribution in [0.25, 0.3) is 16.7 Å². The number of nitrogens with one attached hydrogen (secondary N) is 2. The highest BCUT2D eigenvalue weighted by atomic mass is 19.1. The Balaban J connectivity index is 1.45. The van der Waals surface area contributed by atoms with Gasteiger partial charge >= 0.3 is 12.1 Å². The number of carbonyl (C=O) groups is 2. The van der Waals surface area contributed by atoms with E-state index in [9.17, 15) is 14.0 Å². The zero-order valence-corrected chi connectivity index (χ0v) is 26.0. The molecule has 1 heterocycles. The number of rotatable bonds is 8. The van der Waals surface area contributed by atoms with Crippen LogP contribution in [0.5, 0.6) is 17.2 Å². The number of fused-ring (bicyclic) bond motifs is 1. The molecule has 0 saturated heterocycles. The number of esters is 1. The Bertz CT molecular complexity index is 1800. The van der Waals surface area contributed by atoms with E-state index in [-0.39, 0.29) is 23.7 Å². The quantitative estimate of drug-likeness (QED) is 0.194. The average Bonchev–Trinajstić information content (AvgIpc) is 3.00. The summed E-state index contributed by atoms with van der Waals surface area (Å²) >= 11 is 0. The largest absolute Gasteiger partial charge is 0.496 e. The van der Waals surface area contributed by atoms with E-state index in [0.717, 1.165) is 39.1 Å². The Hall–Kier alpha value is -5.31. The molecule has 0 aliphatic carbocycles. The molecule has 232 valence electrons. The van der Waals surface area contributed by atoms with Crippen LogP contribution in [-0.2, 0) is 11.3 Å². The summed E-state index contributed by atoms with van der Waals surface area (Å²) in [5.74, 6) is 0.373. The van der Waals surface area contributed by atoms with Gasteiger partial charge in [0, 0.05) is 40.2 Å². The fraction of sp³-hybridized carbons (Fsp3) is 0.222. The number of amides is 1. The smallest absolute Gasteiger partial charge is 0.417 e. The molecule has 1 aliphatic rings. The number of aryl methyl sites for hydroxylation is 1. The Morgan fingerprint density at radius 3 is 2.33 bits per heavy atom. The molecular formula is C36H35FN2O6. The lowest BCUT2D eigenvalue weighted by atomic mass is 9.85. The summed E-state index contributed by atoms with van der Waals surface area (Å²) in [5, 5.41) is 6.23. The summed E-state index contributed by atoms with van der Waals surface area (Å²) in [5.41, 5.74) is 6.96. The van der Waals surface area contributed by atoms with Crippen LogP contribution in [0.15, 0.2) is 78.9 Å². The van der Waals surface area contributed by atoms with Crippen LogP contribution < -0.4 is 24.8 Å². The lowest BCUT2D eigenvalue weighted by molar-refractivity contribution is 0.0600. The summed E-state index contributed by atoms with van der Waals surface area (Å²) in [6.07, 6.45) is 1.46. The normalized spacial score (nSPS) is 13.1. The number of hydrogen-bond acceptors (Lipinski definition) is 7. The van der Waals surface area contributed by atoms with E-state index in [1.165, 1.54) is 19.2 Å². The Kier molecular flexibility index (Phi) is 8.81. The summed E-state index contributed by atoms with van der Waals surface area (Å²) in [6.45, 7) is 8.33. The maximum absolute atomic E-state index is 14.1. The second-order valence-electron chi connectivity index (χ2n) is 11.3. The van der Waals surface area contributed by atoms with Crippen molar-refractivity contribution in [1.82, 2.24) is 0 Å². The first-order valence-corrected chi connectivity index (χ1v) is 14.4. The first-order chi connectivity index (χ1) is 21.5. The van der Waals surface area contributed by atoms with Gasteiger partial charge in [0.2, 0.25) is 0 Å². The van der Waals surface area contributed by atoms with Gasteiger partial charge in [-0.25, -0.2) is 14.0 Å². The predicted octanol–water partition coefficient (Wildman–Crippen LogP) is 8.39. The summed E-state index contributed by atoms with van der Waals surface area (Å²) in [7, 11) is 2.85. The first kappa shape index (κ1) is 31.1. The standard InChI is InChI=1S/C36H35FN2O6/c1-21-7-10-24(37)17-31(21)44-20-29-27(15-16-30-33(29)22(2)19-36(3,4)39-30)28-14-13-26(18-32(28)42-5)45-35(41)38-25-11-8-23(9-12-25)34(40)43-6/h7-19,39H,20H2,1-6H3,(H,38,41). The van der Waals surface area contributed by atoms with Crippen LogP contribution >= 0.6 is 0 Å². The molecule has 0 bridgehead atoms. The molecule has 8 nitrogen and oxygen atoms in total. The topological polar surface area (TPSA) is 95.1 Å². The van der Waals surface area contributed by atoms with Crippen LogP contribution in [0.1, 0.15) is 47.8 Å². The van der Waals surface area contributed by atoms with Gasteiger partial charge in [-0.2, -0.15) is 0 Å². The van der Waals surface area contributed by atoms with Crippen LogP contribution in [0.4, 0.5) is 20.6 Å². The molecule has 0 saturated carbocycles. The van der Waals surface area contributed by atoms with Crippen molar-refractivity contribution >= 4 is 29.0 Å². The third kappa shape index (κ3) is 6.93. The maximum Gasteiger partial charge on any atom is 0.417 e. The summed E-state index contributed by atoms with van der Waals surface area (Å²) in [6, 6.07) is 19.9. The van der Waals surface area contributed by atoms with E-state index in [4.69, 9.17) is 18.9 Å². The summed E-state index contributed by atoms with van der Waals surface area (Å²) in [4.78, 5) is 24.3. The Morgan fingerprint density at radius 2 is 1.62 bits per heavy atom. The average molecular weight is 611 g/mol. The predicted molar refractivity (Wildman–Crippen MR) is 173 cm³/mol. The van der Waals surface area contributed by atoms with E-state index in [1.54, 1.807) is 49.6 Å². The van der Waals surface area contributed by atoms with Crippen molar-refractivity contribution in [3.63, 3.8) is 0 Å². The zero-order chi connectivity index (χ0) is 32.3. The molecule has 0 aromatic heterocycles. The van der Waals surface area contributed by atoms with E-state index in [1.807, 2.05) is 25.1 Å². The van der Waals surface area contributed by atoms with Crippen molar-refractivity contribution in [3.8, 4) is 28.4 Å². The molecule has 2 N–H and O–H groups in total. The van der Waals surface area contributed by atoms with Gasteiger partial charge in [-0.05, 0) is 92.9 Å². The van der Waals surface area contributed by atoms with Crippen LogP contribution in [0.3, 0.4) is 0 Å². The minimum Gasteiger partial charge on any atom is -0.496 e. The molecule has 0 radical (unpaired) electrons. The molecular weight excluding hydrogens is 575 g/mol. The monoisotopic (exact) mass is 610 g/mol. The number of allylic oxidation sites excluding steroid dienone is 1. The van der Waals surface area contributed by atoms with E-state index >= 15 is 0 Å². The third-order valence-corrected chi connectivity index (χ3v) is 7.49. The van der Waals surface area contributed by atoms with E-state index in [0.29, 0.717) is 22.7 Å². The lowest BCUT2D eigenvalue weighted by Gasteiger charge is -2.33. The number of methoxy groups -OCH3 is 2. The first-order valence-electron chi connectivity index (χ1n) is 14.4. The van der Waals surface area contributed by atoms with Gasteiger partial charge in [0.05, 0.1) is 25.3 Å². The highest BCUT2D eigenvalue weighted by Gasteiger charge is 2.27. The van der Waals surface area contributed by atoms with Crippen molar-refractivity contribution in [2.24, 2.45) is 0 Å². The minimum atomic E-state index is -0.710. The second kappa shape index (κ2) is 12.7. The highest BCUT2D eigenvalue weighted by Crippen LogP contribution is 2.43. The fourth-order valence-corrected chi connectivity index (χ4v) is 5.50. The lowest BCUT2D eigenvalue weighted by Crippen LogP contribution is -2.32. The van der Waals surface area contributed by atoms with Gasteiger partial charge in [-0.1, -0.05) is 18.2 Å². The minimum absolute atomic E-state index is 0.175. The molecule has 5 rings (SSSR count). The number of benzene rings is 4. The molecule has 4 aromatic carbocycles. The molecule has 0 atom stereocenters. The molecule has 4 aromatic rings. The Labute approximate surface area is 261 Å². The fourth-order valence-electron chi connectivity index (χ4n) is 5.50. The maximum atomic E-state index is 14.1. The van der Waals surface area contributed by atoms with E-state index < -0.39 is 12.1 Å². The van der Waals surface area contributed by atoms with Crippen molar-refractivity contribution in [2.75, 3.05) is 24.9 Å². The van der Waals surface area contributed by atoms with Crippen LogP contribution in [0, 0.1) is 12.7 Å². The van der Waals surface area contributed by atoms with Crippen LogP contribution in [-0.4, -0.2) is 31.8 Å². The van der Waals surface area contributed by atoms with Crippen LogP contribution in [0.2, 0.25) is 0 Å². The SMILES string of the molecule is COC(=O)c1ccc(NC(=O)Oc2ccc(-c3ccc4c(c3COc3cc(F)ccc3C)C(C)=CC(C)(C)N4)c(OC)c2)cc1. The number of anilines is 2. The molecule has 0 spiro atoms. The second-order valence-corrected chi connectivity index (χ2v) is 11.3.